The Labute approximate surface area is 102 Å². The number of hydrogen-bond acceptors (Lipinski definition) is 6. The highest BCUT2D eigenvalue weighted by atomic mass is 16.6. The topological polar surface area (TPSA) is 66.4 Å². The molecule has 1 fully saturated rings. The fraction of sp³-hybridized carbons (Fsp3) is 1.00. The summed E-state index contributed by atoms with van der Waals surface area (Å²) in [4.78, 5) is 0. The van der Waals surface area contributed by atoms with Crippen molar-refractivity contribution < 1.29 is 28.8 Å². The first-order valence-electron chi connectivity index (χ1n) is 5.97. The predicted octanol–water partition coefficient (Wildman–Crippen LogP) is -0.556. The standard InChI is InChI=1S/C11H22O6/c12-9-11-10-16-6-5-14-2-1-13-3-4-15-7-8-17-11/h11-12H,1-10H2. The van der Waals surface area contributed by atoms with Crippen molar-refractivity contribution in [2.75, 3.05) is 66.1 Å². The lowest BCUT2D eigenvalue weighted by molar-refractivity contribution is -0.0644. The van der Waals surface area contributed by atoms with Gasteiger partial charge in [0.25, 0.3) is 0 Å². The Bertz CT molecular complexity index is 150. The summed E-state index contributed by atoms with van der Waals surface area (Å²) >= 11 is 0. The number of aliphatic hydroxyl groups excluding tert-OH is 1. The molecule has 6 nitrogen and oxygen atoms in total. The molecular formula is C11H22O6. The van der Waals surface area contributed by atoms with Gasteiger partial charge >= 0.3 is 0 Å². The molecule has 17 heavy (non-hydrogen) atoms. The van der Waals surface area contributed by atoms with Gasteiger partial charge < -0.3 is 28.8 Å². The highest BCUT2D eigenvalue weighted by Gasteiger charge is 2.07. The van der Waals surface area contributed by atoms with Gasteiger partial charge in [0.15, 0.2) is 0 Å². The molecule has 1 saturated heterocycles. The van der Waals surface area contributed by atoms with E-state index in [1.165, 1.54) is 0 Å². The maximum atomic E-state index is 9.04. The zero-order chi connectivity index (χ0) is 12.2. The first-order chi connectivity index (χ1) is 8.43. The lowest BCUT2D eigenvalue weighted by Gasteiger charge is -2.15. The van der Waals surface area contributed by atoms with Gasteiger partial charge in [0.2, 0.25) is 0 Å². The second kappa shape index (κ2) is 10.9. The van der Waals surface area contributed by atoms with Crippen molar-refractivity contribution in [2.24, 2.45) is 0 Å². The van der Waals surface area contributed by atoms with E-state index in [2.05, 4.69) is 0 Å². The zero-order valence-corrected chi connectivity index (χ0v) is 10.1. The van der Waals surface area contributed by atoms with E-state index in [-0.39, 0.29) is 12.7 Å². The van der Waals surface area contributed by atoms with Crippen LogP contribution in [-0.2, 0) is 23.7 Å². The third kappa shape index (κ3) is 8.48. The minimum Gasteiger partial charge on any atom is -0.394 e. The highest BCUT2D eigenvalue weighted by Crippen LogP contribution is 1.94. The van der Waals surface area contributed by atoms with E-state index in [0.717, 1.165) is 0 Å². The summed E-state index contributed by atoms with van der Waals surface area (Å²) in [7, 11) is 0. The monoisotopic (exact) mass is 250 g/mol. The summed E-state index contributed by atoms with van der Waals surface area (Å²) < 4.78 is 26.6. The summed E-state index contributed by atoms with van der Waals surface area (Å²) in [5.74, 6) is 0. The van der Waals surface area contributed by atoms with Gasteiger partial charge in [-0.3, -0.25) is 0 Å². The molecule has 0 bridgehead atoms. The van der Waals surface area contributed by atoms with Crippen molar-refractivity contribution in [2.45, 2.75) is 6.10 Å². The molecule has 0 saturated carbocycles. The van der Waals surface area contributed by atoms with Crippen molar-refractivity contribution >= 4 is 0 Å². The van der Waals surface area contributed by atoms with Crippen LogP contribution in [0.25, 0.3) is 0 Å². The van der Waals surface area contributed by atoms with Crippen LogP contribution < -0.4 is 0 Å². The second-order valence-electron chi connectivity index (χ2n) is 3.59. The molecule has 1 rings (SSSR count). The molecule has 1 heterocycles. The maximum Gasteiger partial charge on any atom is 0.104 e. The molecule has 0 aromatic rings. The van der Waals surface area contributed by atoms with Crippen LogP contribution in [0.15, 0.2) is 0 Å². The van der Waals surface area contributed by atoms with Crippen LogP contribution in [0.2, 0.25) is 0 Å². The third-order valence-electron chi connectivity index (χ3n) is 2.20. The molecule has 0 amide bonds. The molecule has 102 valence electrons. The average Bonchev–Trinajstić information content (AvgIpc) is 2.36. The Morgan fingerprint density at radius 2 is 1.18 bits per heavy atom. The average molecular weight is 250 g/mol. The molecule has 6 heteroatoms. The van der Waals surface area contributed by atoms with E-state index in [1.54, 1.807) is 0 Å². The molecule has 1 aliphatic rings. The Balaban J connectivity index is 2.16. The van der Waals surface area contributed by atoms with Gasteiger partial charge in [-0.25, -0.2) is 0 Å². The summed E-state index contributed by atoms with van der Waals surface area (Å²) in [6.07, 6.45) is -0.292. The summed E-state index contributed by atoms with van der Waals surface area (Å²) in [6.45, 7) is 4.52. The Kier molecular flexibility index (Phi) is 9.49. The van der Waals surface area contributed by atoms with Gasteiger partial charge in [-0.15, -0.1) is 0 Å². The van der Waals surface area contributed by atoms with Gasteiger partial charge in [-0.1, -0.05) is 0 Å². The van der Waals surface area contributed by atoms with E-state index in [4.69, 9.17) is 28.8 Å². The van der Waals surface area contributed by atoms with Crippen LogP contribution in [0.1, 0.15) is 0 Å². The molecule has 1 atom stereocenters. The number of aliphatic hydroxyl groups is 1. The Hall–Kier alpha value is -0.240. The molecule has 0 radical (unpaired) electrons. The van der Waals surface area contributed by atoms with Crippen molar-refractivity contribution in [1.82, 2.24) is 0 Å². The van der Waals surface area contributed by atoms with Gasteiger partial charge in [0, 0.05) is 0 Å². The largest absolute Gasteiger partial charge is 0.394 e. The summed E-state index contributed by atoms with van der Waals surface area (Å²) in [5, 5.41) is 9.04. The van der Waals surface area contributed by atoms with Crippen LogP contribution in [0.5, 0.6) is 0 Å². The molecule has 0 aliphatic carbocycles. The van der Waals surface area contributed by atoms with E-state index < -0.39 is 0 Å². The minimum atomic E-state index is -0.292. The molecule has 0 aromatic carbocycles. The fourth-order valence-electron chi connectivity index (χ4n) is 1.30. The molecule has 0 aromatic heterocycles. The number of rotatable bonds is 1. The fourth-order valence-corrected chi connectivity index (χ4v) is 1.30. The molecule has 1 N–H and O–H groups in total. The molecular weight excluding hydrogens is 228 g/mol. The van der Waals surface area contributed by atoms with Gasteiger partial charge in [-0.2, -0.15) is 0 Å². The van der Waals surface area contributed by atoms with E-state index in [1.807, 2.05) is 0 Å². The zero-order valence-electron chi connectivity index (χ0n) is 10.1. The van der Waals surface area contributed by atoms with Gasteiger partial charge in [0.1, 0.15) is 6.10 Å². The second-order valence-corrected chi connectivity index (χ2v) is 3.59. The van der Waals surface area contributed by atoms with E-state index >= 15 is 0 Å². The summed E-state index contributed by atoms with van der Waals surface area (Å²) in [6, 6.07) is 0. The van der Waals surface area contributed by atoms with Crippen LogP contribution >= 0.6 is 0 Å². The minimum absolute atomic E-state index is 0.0516. The van der Waals surface area contributed by atoms with Crippen molar-refractivity contribution in [3.8, 4) is 0 Å². The highest BCUT2D eigenvalue weighted by molar-refractivity contribution is 4.54. The predicted molar refractivity (Wildman–Crippen MR) is 60.1 cm³/mol. The van der Waals surface area contributed by atoms with Crippen LogP contribution in [0, 0.1) is 0 Å². The maximum absolute atomic E-state index is 9.04. The van der Waals surface area contributed by atoms with Gasteiger partial charge in [-0.05, 0) is 0 Å². The van der Waals surface area contributed by atoms with Crippen molar-refractivity contribution in [1.29, 1.82) is 0 Å². The smallest absolute Gasteiger partial charge is 0.104 e. The first-order valence-corrected chi connectivity index (χ1v) is 5.97. The summed E-state index contributed by atoms with van der Waals surface area (Å²) in [5.41, 5.74) is 0. The molecule has 0 spiro atoms. The third-order valence-corrected chi connectivity index (χ3v) is 2.20. The van der Waals surface area contributed by atoms with E-state index in [0.29, 0.717) is 59.5 Å². The molecule has 1 unspecified atom stereocenters. The lowest BCUT2D eigenvalue weighted by atomic mass is 10.4. The quantitative estimate of drug-likeness (QED) is 0.673. The first kappa shape index (κ1) is 14.8. The van der Waals surface area contributed by atoms with E-state index in [9.17, 15) is 0 Å². The van der Waals surface area contributed by atoms with Gasteiger partial charge in [0.05, 0.1) is 66.1 Å². The SMILES string of the molecule is OCC1COCCOCCOCCOCCO1. The molecule has 1 aliphatic heterocycles. The Morgan fingerprint density at radius 3 is 1.71 bits per heavy atom. The van der Waals surface area contributed by atoms with Crippen molar-refractivity contribution in [3.63, 3.8) is 0 Å². The normalized spacial score (nSPS) is 27.0. The van der Waals surface area contributed by atoms with Crippen LogP contribution in [0.4, 0.5) is 0 Å². The van der Waals surface area contributed by atoms with Crippen molar-refractivity contribution in [3.05, 3.63) is 0 Å². The van der Waals surface area contributed by atoms with Crippen LogP contribution in [-0.4, -0.2) is 77.3 Å². The lowest BCUT2D eigenvalue weighted by Crippen LogP contribution is -2.26. The Morgan fingerprint density at radius 1 is 0.706 bits per heavy atom. The number of hydrogen-bond donors (Lipinski definition) is 1. The number of ether oxygens (including phenoxy) is 5. The van der Waals surface area contributed by atoms with Crippen LogP contribution in [0.3, 0.4) is 0 Å².